The van der Waals surface area contributed by atoms with E-state index in [4.69, 9.17) is 4.65 Å². The summed E-state index contributed by atoms with van der Waals surface area (Å²) in [6.45, 7) is 8.79. The molecule has 0 aliphatic heterocycles. The molecule has 2 aromatic rings. The lowest BCUT2D eigenvalue weighted by molar-refractivity contribution is -0.0981. The molecular weight excluding hydrogens is 287 g/mol. The average Bonchev–Trinajstić information content (AvgIpc) is 2.94. The van der Waals surface area contributed by atoms with Crippen LogP contribution in [0.5, 0.6) is 0 Å². The Morgan fingerprint density at radius 3 is 2.52 bits per heavy atom. The lowest BCUT2D eigenvalue weighted by atomic mass is 9.82. The fourth-order valence-corrected chi connectivity index (χ4v) is 2.41. The molecule has 0 aliphatic carbocycles. The van der Waals surface area contributed by atoms with E-state index in [2.05, 4.69) is 5.10 Å². The molecule has 0 atom stereocenters. The quantitative estimate of drug-likeness (QED) is 0.821. The van der Waals surface area contributed by atoms with Gasteiger partial charge in [-0.3, -0.25) is 0 Å². The molecule has 0 amide bonds. The molecule has 21 heavy (non-hydrogen) atoms. The third-order valence-corrected chi connectivity index (χ3v) is 4.66. The van der Waals surface area contributed by atoms with Crippen molar-refractivity contribution in [2.45, 2.75) is 45.8 Å². The molecule has 7 heteroatoms. The molecule has 0 spiro atoms. The molecule has 2 rings (SSSR count). The number of aryl methyl sites for hydroxylation is 1. The first-order chi connectivity index (χ1) is 9.60. The smallest absolute Gasteiger partial charge is 0.423 e. The van der Waals surface area contributed by atoms with Crippen molar-refractivity contribution < 1.29 is 14.8 Å². The van der Waals surface area contributed by atoms with Crippen LogP contribution in [-0.4, -0.2) is 38.2 Å². The Bertz CT molecular complexity index is 616. The zero-order chi connectivity index (χ0) is 15.8. The second-order valence-corrected chi connectivity index (χ2v) is 7.15. The fourth-order valence-electron chi connectivity index (χ4n) is 1.63. The molecule has 0 unspecified atom stereocenters. The molecule has 0 saturated carbocycles. The van der Waals surface area contributed by atoms with Gasteiger partial charge in [-0.25, -0.2) is 4.68 Å². The molecule has 2 N–H and O–H groups in total. The Morgan fingerprint density at radius 1 is 1.33 bits per heavy atom. The second-order valence-electron chi connectivity index (χ2n) is 6.21. The number of nitrogens with zero attached hydrogens (tertiary/aromatic N) is 2. The summed E-state index contributed by atoms with van der Waals surface area (Å²) in [5.41, 5.74) is 0.0148. The maximum Gasteiger partial charge on any atom is 0.502 e. The molecule has 0 bridgehead atoms. The lowest BCUT2D eigenvalue weighted by Crippen LogP contribution is -2.52. The second kappa shape index (κ2) is 5.57. The molecule has 0 saturated heterocycles. The largest absolute Gasteiger partial charge is 0.502 e. The molecule has 114 valence electrons. The number of aromatic nitrogens is 2. The SMILES string of the molecule is Cc1cnn(-c2csc(B(O)OC(C)(C)C(C)(C)O)c2)c1. The van der Waals surface area contributed by atoms with Crippen molar-refractivity contribution in [2.75, 3.05) is 0 Å². The normalized spacial score (nSPS) is 12.7. The van der Waals surface area contributed by atoms with E-state index in [1.165, 1.54) is 11.3 Å². The van der Waals surface area contributed by atoms with E-state index in [1.54, 1.807) is 38.6 Å². The summed E-state index contributed by atoms with van der Waals surface area (Å²) >= 11 is 1.40. The van der Waals surface area contributed by atoms with Crippen molar-refractivity contribution in [1.82, 2.24) is 9.78 Å². The number of hydrogen-bond donors (Lipinski definition) is 2. The van der Waals surface area contributed by atoms with Gasteiger partial charge in [0.2, 0.25) is 0 Å². The van der Waals surface area contributed by atoms with Gasteiger partial charge in [0.15, 0.2) is 0 Å². The summed E-state index contributed by atoms with van der Waals surface area (Å²) in [6.07, 6.45) is 3.70. The van der Waals surface area contributed by atoms with Crippen LogP contribution in [-0.2, 0) is 4.65 Å². The lowest BCUT2D eigenvalue weighted by Gasteiger charge is -2.38. The molecule has 2 aromatic heterocycles. The summed E-state index contributed by atoms with van der Waals surface area (Å²) in [5.74, 6) is 0. The number of aliphatic hydroxyl groups is 1. The minimum Gasteiger partial charge on any atom is -0.423 e. The van der Waals surface area contributed by atoms with Crippen molar-refractivity contribution in [2.24, 2.45) is 0 Å². The van der Waals surface area contributed by atoms with Crippen LogP contribution >= 0.6 is 11.3 Å². The zero-order valence-electron chi connectivity index (χ0n) is 13.0. The van der Waals surface area contributed by atoms with Gasteiger partial charge in [0, 0.05) is 16.4 Å². The van der Waals surface area contributed by atoms with Crippen LogP contribution in [0.2, 0.25) is 0 Å². The zero-order valence-corrected chi connectivity index (χ0v) is 13.8. The summed E-state index contributed by atoms with van der Waals surface area (Å²) < 4.78 is 8.06. The molecule has 0 fully saturated rings. The molecule has 0 aromatic carbocycles. The van der Waals surface area contributed by atoms with Crippen molar-refractivity contribution in [3.05, 3.63) is 29.4 Å². The minimum absolute atomic E-state index is 0.676. The summed E-state index contributed by atoms with van der Waals surface area (Å²) in [4.78, 5) is 0. The van der Waals surface area contributed by atoms with Gasteiger partial charge in [0.1, 0.15) is 0 Å². The highest BCUT2D eigenvalue weighted by Crippen LogP contribution is 2.25. The van der Waals surface area contributed by atoms with Crippen LogP contribution in [0, 0.1) is 6.92 Å². The van der Waals surface area contributed by atoms with Crippen LogP contribution in [0.1, 0.15) is 33.3 Å². The molecule has 0 aliphatic rings. The van der Waals surface area contributed by atoms with E-state index in [9.17, 15) is 10.1 Å². The highest BCUT2D eigenvalue weighted by molar-refractivity contribution is 7.20. The molecule has 2 heterocycles. The summed E-state index contributed by atoms with van der Waals surface area (Å²) in [5, 5.41) is 26.5. The Morgan fingerprint density at radius 2 is 2.00 bits per heavy atom. The number of thiophene rings is 1. The third kappa shape index (κ3) is 3.55. The standard InChI is InChI=1S/C14H21BN2O3S/c1-10-7-16-17(8-10)11-6-12(21-9-11)15(19)20-14(4,5)13(2,3)18/h6-9,18-19H,1-5H3. The minimum atomic E-state index is -1.08. The Kier molecular flexibility index (Phi) is 4.30. The highest BCUT2D eigenvalue weighted by Gasteiger charge is 2.39. The summed E-state index contributed by atoms with van der Waals surface area (Å²) in [7, 11) is -1.08. The van der Waals surface area contributed by atoms with Gasteiger partial charge >= 0.3 is 7.12 Å². The number of rotatable bonds is 5. The molecule has 5 nitrogen and oxygen atoms in total. The van der Waals surface area contributed by atoms with E-state index in [0.717, 1.165) is 11.3 Å². The van der Waals surface area contributed by atoms with E-state index in [1.807, 2.05) is 24.6 Å². The van der Waals surface area contributed by atoms with Crippen molar-refractivity contribution in [3.63, 3.8) is 0 Å². The first-order valence-electron chi connectivity index (χ1n) is 6.78. The van der Waals surface area contributed by atoms with Gasteiger partial charge in [-0.05, 0) is 46.2 Å². The molecular formula is C14H21BN2O3S. The predicted octanol–water partition coefficient (Wildman–Crippen LogP) is 1.50. The highest BCUT2D eigenvalue weighted by atomic mass is 32.1. The van der Waals surface area contributed by atoms with Crippen LogP contribution in [0.15, 0.2) is 23.8 Å². The van der Waals surface area contributed by atoms with E-state index >= 15 is 0 Å². The maximum atomic E-state index is 10.2. The monoisotopic (exact) mass is 308 g/mol. The van der Waals surface area contributed by atoms with Crippen LogP contribution < -0.4 is 4.78 Å². The summed E-state index contributed by atoms with van der Waals surface area (Å²) in [6, 6.07) is 1.84. The van der Waals surface area contributed by atoms with Gasteiger partial charge in [-0.15, -0.1) is 0 Å². The van der Waals surface area contributed by atoms with Gasteiger partial charge in [0.25, 0.3) is 0 Å². The Labute approximate surface area is 129 Å². The van der Waals surface area contributed by atoms with Gasteiger partial charge in [-0.1, -0.05) is 0 Å². The number of hydrogen-bond acceptors (Lipinski definition) is 5. The Hall–Kier alpha value is -1.15. The maximum absolute atomic E-state index is 10.2. The first-order valence-corrected chi connectivity index (χ1v) is 7.66. The van der Waals surface area contributed by atoms with Crippen molar-refractivity contribution in [3.8, 4) is 5.69 Å². The van der Waals surface area contributed by atoms with Gasteiger partial charge < -0.3 is 14.8 Å². The third-order valence-electron chi connectivity index (χ3n) is 3.71. The first kappa shape index (κ1) is 16.2. The predicted molar refractivity (Wildman–Crippen MR) is 85.2 cm³/mol. The van der Waals surface area contributed by atoms with E-state index < -0.39 is 18.3 Å². The van der Waals surface area contributed by atoms with Crippen LogP contribution in [0.25, 0.3) is 5.69 Å². The van der Waals surface area contributed by atoms with Gasteiger partial charge in [-0.2, -0.15) is 16.4 Å². The van der Waals surface area contributed by atoms with Crippen molar-refractivity contribution >= 4 is 23.2 Å². The molecule has 0 radical (unpaired) electrons. The van der Waals surface area contributed by atoms with E-state index in [-0.39, 0.29) is 0 Å². The fraction of sp³-hybridized carbons (Fsp3) is 0.500. The Balaban J connectivity index is 2.14. The average molecular weight is 308 g/mol. The van der Waals surface area contributed by atoms with Crippen LogP contribution in [0.3, 0.4) is 0 Å². The van der Waals surface area contributed by atoms with Gasteiger partial charge in [0.05, 0.1) is 23.1 Å². The topological polar surface area (TPSA) is 67.5 Å². The van der Waals surface area contributed by atoms with E-state index in [0.29, 0.717) is 4.78 Å². The van der Waals surface area contributed by atoms with Crippen LogP contribution in [0.4, 0.5) is 0 Å². The van der Waals surface area contributed by atoms with Crippen molar-refractivity contribution in [1.29, 1.82) is 0 Å².